The van der Waals surface area contributed by atoms with Crippen molar-refractivity contribution in [2.75, 3.05) is 40.8 Å². The second kappa shape index (κ2) is 20.3. The molecule has 13 nitrogen and oxygen atoms in total. The minimum absolute atomic E-state index is 0.0183. The van der Waals surface area contributed by atoms with E-state index in [1.54, 1.807) is 50.7 Å². The van der Waals surface area contributed by atoms with Gasteiger partial charge in [0, 0.05) is 54.1 Å². The zero-order chi connectivity index (χ0) is 42.9. The monoisotopic (exact) mass is 808 g/mol. The Morgan fingerprint density at radius 2 is 1.74 bits per heavy atom. The lowest BCUT2D eigenvalue weighted by molar-refractivity contribution is -0.147. The average Bonchev–Trinajstić information content (AvgIpc) is 4.00. The summed E-state index contributed by atoms with van der Waals surface area (Å²) < 4.78 is 20.4. The van der Waals surface area contributed by atoms with E-state index in [1.165, 1.54) is 35.9 Å². The van der Waals surface area contributed by atoms with Gasteiger partial charge in [0.25, 0.3) is 0 Å². The van der Waals surface area contributed by atoms with E-state index in [4.69, 9.17) is 4.74 Å². The van der Waals surface area contributed by atoms with E-state index in [1.807, 2.05) is 32.1 Å². The highest BCUT2D eigenvalue weighted by Crippen LogP contribution is 2.34. The number of nitrogens with zero attached hydrogens (tertiary/aromatic N) is 4. The number of alkyl carbamates (subject to hydrolysis) is 1. The van der Waals surface area contributed by atoms with Crippen LogP contribution in [-0.2, 0) is 35.1 Å². The smallest absolute Gasteiger partial charge is 0.408 e. The Balaban J connectivity index is 1.67. The lowest BCUT2D eigenvalue weighted by Crippen LogP contribution is -2.59. The molecule has 2 N–H and O–H groups in total. The predicted molar refractivity (Wildman–Crippen MR) is 221 cm³/mol. The molecule has 3 aliphatic rings. The van der Waals surface area contributed by atoms with Gasteiger partial charge in [-0.2, -0.15) is 0 Å². The van der Waals surface area contributed by atoms with Crippen LogP contribution in [0.5, 0.6) is 0 Å². The fourth-order valence-corrected chi connectivity index (χ4v) is 7.58. The van der Waals surface area contributed by atoms with Crippen molar-refractivity contribution < 1.29 is 37.9 Å². The van der Waals surface area contributed by atoms with Crippen molar-refractivity contribution >= 4 is 41.2 Å². The fourth-order valence-electron chi connectivity index (χ4n) is 7.58. The van der Waals surface area contributed by atoms with Gasteiger partial charge in [-0.25, -0.2) is 9.18 Å². The zero-order valence-electron chi connectivity index (χ0n) is 35.9. The molecule has 0 bridgehead atoms. The molecule has 4 atom stereocenters. The summed E-state index contributed by atoms with van der Waals surface area (Å²) in [7, 11) is 4.79. The van der Waals surface area contributed by atoms with E-state index >= 15 is 0 Å². The van der Waals surface area contributed by atoms with Crippen molar-refractivity contribution in [3.05, 3.63) is 53.4 Å². The molecule has 1 fully saturated rings. The molecule has 2 aliphatic heterocycles. The number of ether oxygens (including phenoxy) is 1. The average molecular weight is 809 g/mol. The molecule has 4 rings (SSSR count). The van der Waals surface area contributed by atoms with Crippen LogP contribution < -0.4 is 10.6 Å². The van der Waals surface area contributed by atoms with Gasteiger partial charge in [-0.1, -0.05) is 38.1 Å². The van der Waals surface area contributed by atoms with Gasteiger partial charge in [-0.15, -0.1) is 0 Å². The van der Waals surface area contributed by atoms with Crippen molar-refractivity contribution in [1.82, 2.24) is 30.2 Å². The Morgan fingerprint density at radius 1 is 1.03 bits per heavy atom. The van der Waals surface area contributed by atoms with Gasteiger partial charge >= 0.3 is 6.09 Å². The first-order chi connectivity index (χ1) is 27.3. The summed E-state index contributed by atoms with van der Waals surface area (Å²) in [6, 6.07) is 0.494. The van der Waals surface area contributed by atoms with Crippen molar-refractivity contribution in [2.24, 2.45) is 11.8 Å². The van der Waals surface area contributed by atoms with E-state index in [9.17, 15) is 33.2 Å². The number of allylic oxidation sites excluding steroid dienone is 1. The third-order valence-electron chi connectivity index (χ3n) is 11.1. The molecule has 0 spiro atoms. The number of amides is 6. The van der Waals surface area contributed by atoms with Crippen molar-refractivity contribution in [1.29, 1.82) is 0 Å². The first kappa shape index (κ1) is 45.9. The number of carbonyl (C=O) groups excluding carboxylic acids is 6. The van der Waals surface area contributed by atoms with Gasteiger partial charge in [0.15, 0.2) is 0 Å². The Hall–Kier alpha value is -4.75. The standard InChI is InChI=1S/C44H65FN6O7/c1-28(2)25-35-40(54)50(9)37(27-32-26-33(45)18-19-34(32)30-20-23-51(24-21-30)29(3)52)41(55)48(7)22-14-12-10-11-13-15-36(39(53)46-35)49(8)42(56)38(31-16-17-31)47-43(57)58-44(4,5)6/h11,13,18-20,26,28,31,35-38H,10,12,14-17,21-25,27H2,1-9H3,(H,46,53)(H,47,57)/b13-11-/t35-,36-,37-,38-/m0/s1. The number of likely N-dealkylation sites (N-methyl/N-ethyl adjacent to an activating group) is 3. The van der Waals surface area contributed by atoms with Gasteiger partial charge in [0.05, 0.1) is 0 Å². The summed E-state index contributed by atoms with van der Waals surface area (Å²) in [5.41, 5.74) is 1.48. The molecule has 1 aromatic carbocycles. The molecule has 1 saturated carbocycles. The van der Waals surface area contributed by atoms with Gasteiger partial charge in [0.2, 0.25) is 29.5 Å². The van der Waals surface area contributed by atoms with Crippen LogP contribution in [0, 0.1) is 17.7 Å². The fraction of sp³-hybridized carbons (Fsp3) is 0.636. The number of hydrogen-bond donors (Lipinski definition) is 2. The molecular weight excluding hydrogens is 744 g/mol. The molecule has 14 heteroatoms. The Kier molecular flexibility index (Phi) is 16.1. The van der Waals surface area contributed by atoms with Gasteiger partial charge < -0.3 is 35.0 Å². The van der Waals surface area contributed by atoms with Crippen molar-refractivity contribution in [3.63, 3.8) is 0 Å². The second-order valence-electron chi connectivity index (χ2n) is 17.5. The first-order valence-corrected chi connectivity index (χ1v) is 20.7. The van der Waals surface area contributed by atoms with E-state index in [2.05, 4.69) is 10.6 Å². The van der Waals surface area contributed by atoms with Crippen LogP contribution in [0.15, 0.2) is 36.4 Å². The van der Waals surface area contributed by atoms with Crippen LogP contribution in [0.2, 0.25) is 0 Å². The molecule has 0 radical (unpaired) electrons. The minimum atomic E-state index is -1.05. The first-order valence-electron chi connectivity index (χ1n) is 20.7. The van der Waals surface area contributed by atoms with Gasteiger partial charge in [-0.05, 0) is 113 Å². The van der Waals surface area contributed by atoms with Crippen LogP contribution in [0.25, 0.3) is 5.57 Å². The predicted octanol–water partition coefficient (Wildman–Crippen LogP) is 5.08. The third kappa shape index (κ3) is 12.9. The lowest BCUT2D eigenvalue weighted by atomic mass is 9.90. The Labute approximate surface area is 343 Å². The molecule has 1 aliphatic carbocycles. The SMILES string of the molecule is CC(=O)N1CC=C(c2ccc(F)cc2C[C@H]2C(=O)N(C)CCCC/C=C\C[C@H](N(C)C(=O)[C@@H](NC(=O)OC(C)(C)C)C3CC3)C(=O)N[C@@H](CC(C)C)C(=O)N2C)CC1. The zero-order valence-corrected chi connectivity index (χ0v) is 35.9. The maximum atomic E-state index is 15.0. The van der Waals surface area contributed by atoms with Gasteiger partial charge in [-0.3, -0.25) is 24.0 Å². The summed E-state index contributed by atoms with van der Waals surface area (Å²) in [6.45, 7) is 12.0. The normalized spacial score (nSPS) is 22.9. The third-order valence-corrected chi connectivity index (χ3v) is 11.1. The molecule has 58 heavy (non-hydrogen) atoms. The summed E-state index contributed by atoms with van der Waals surface area (Å²) in [5, 5.41) is 5.69. The molecule has 0 unspecified atom stereocenters. The summed E-state index contributed by atoms with van der Waals surface area (Å²) in [4.78, 5) is 88.3. The summed E-state index contributed by atoms with van der Waals surface area (Å²) in [6.07, 6.45) is 9.66. The van der Waals surface area contributed by atoms with Crippen LogP contribution in [0.3, 0.4) is 0 Å². The quantitative estimate of drug-likeness (QED) is 0.331. The topological polar surface area (TPSA) is 149 Å². The molecule has 2 heterocycles. The molecule has 0 saturated heterocycles. The number of nitrogens with one attached hydrogen (secondary N) is 2. The van der Waals surface area contributed by atoms with Crippen LogP contribution in [0.4, 0.5) is 9.18 Å². The Bertz CT molecular complexity index is 1730. The maximum absolute atomic E-state index is 15.0. The van der Waals surface area contributed by atoms with E-state index in [0.717, 1.165) is 30.4 Å². The summed E-state index contributed by atoms with van der Waals surface area (Å²) >= 11 is 0. The highest BCUT2D eigenvalue weighted by molar-refractivity contribution is 5.95. The second-order valence-corrected chi connectivity index (χ2v) is 17.5. The van der Waals surface area contributed by atoms with Crippen LogP contribution in [-0.4, -0.2) is 126 Å². The highest BCUT2D eigenvalue weighted by Gasteiger charge is 2.42. The molecule has 320 valence electrons. The summed E-state index contributed by atoms with van der Waals surface area (Å²) in [5.74, 6) is -2.40. The number of benzene rings is 1. The largest absolute Gasteiger partial charge is 0.444 e. The minimum Gasteiger partial charge on any atom is -0.444 e. The number of rotatable bonds is 9. The van der Waals surface area contributed by atoms with Crippen molar-refractivity contribution in [2.45, 2.75) is 129 Å². The van der Waals surface area contributed by atoms with Crippen LogP contribution in [0.1, 0.15) is 104 Å². The molecule has 0 aromatic heterocycles. The van der Waals surface area contributed by atoms with E-state index < -0.39 is 59.4 Å². The van der Waals surface area contributed by atoms with Crippen LogP contribution >= 0.6 is 0 Å². The Morgan fingerprint density at radius 3 is 2.34 bits per heavy atom. The highest BCUT2D eigenvalue weighted by atomic mass is 19.1. The number of carbonyl (C=O) groups is 6. The number of hydrogen-bond acceptors (Lipinski definition) is 7. The number of halogens is 1. The van der Waals surface area contributed by atoms with E-state index in [0.29, 0.717) is 44.5 Å². The molecule has 1 aromatic rings. The van der Waals surface area contributed by atoms with Crippen molar-refractivity contribution in [3.8, 4) is 0 Å². The maximum Gasteiger partial charge on any atom is 0.408 e. The van der Waals surface area contributed by atoms with Gasteiger partial charge in [0.1, 0.15) is 35.6 Å². The molecular formula is C44H65FN6O7. The lowest BCUT2D eigenvalue weighted by Gasteiger charge is -2.36. The molecule has 6 amide bonds. The van der Waals surface area contributed by atoms with E-state index in [-0.39, 0.29) is 42.9 Å².